The summed E-state index contributed by atoms with van der Waals surface area (Å²) in [6.07, 6.45) is 0.274. The van der Waals surface area contributed by atoms with Crippen LogP contribution in [0.25, 0.3) is 11.0 Å². The van der Waals surface area contributed by atoms with Gasteiger partial charge in [-0.25, -0.2) is 4.79 Å². The van der Waals surface area contributed by atoms with E-state index >= 15 is 0 Å². The Morgan fingerprint density at radius 1 is 1.04 bits per heavy atom. The number of fused-ring (bicyclic) bond motifs is 1. The van der Waals surface area contributed by atoms with Crippen LogP contribution in [0.1, 0.15) is 5.56 Å². The second-order valence-electron chi connectivity index (χ2n) is 5.68. The predicted molar refractivity (Wildman–Crippen MR) is 93.5 cm³/mol. The summed E-state index contributed by atoms with van der Waals surface area (Å²) in [6.45, 7) is 0. The summed E-state index contributed by atoms with van der Waals surface area (Å²) in [6, 6.07) is 12.8. The van der Waals surface area contributed by atoms with Gasteiger partial charge in [0.25, 0.3) is 0 Å². The molecule has 1 amide bonds. The molecule has 6 nitrogen and oxygen atoms in total. The van der Waals surface area contributed by atoms with Gasteiger partial charge in [0.05, 0.1) is 24.6 Å². The van der Waals surface area contributed by atoms with Gasteiger partial charge < -0.3 is 10.1 Å². The second-order valence-corrected chi connectivity index (χ2v) is 5.68. The lowest BCUT2D eigenvalue weighted by molar-refractivity contribution is -0.115. The highest BCUT2D eigenvalue weighted by atomic mass is 16.5. The number of nitrogens with one attached hydrogen (secondary N) is 1. The highest BCUT2D eigenvalue weighted by Gasteiger charge is 2.10. The lowest BCUT2D eigenvalue weighted by Crippen LogP contribution is -2.19. The fourth-order valence-corrected chi connectivity index (χ4v) is 2.72. The molecule has 1 heterocycles. The number of imidazole rings is 1. The molecule has 0 atom stereocenters. The fourth-order valence-electron chi connectivity index (χ4n) is 2.72. The summed E-state index contributed by atoms with van der Waals surface area (Å²) in [5, 5.41) is 2.87. The lowest BCUT2D eigenvalue weighted by atomic mass is 10.1. The normalized spacial score (nSPS) is 10.8. The van der Waals surface area contributed by atoms with Crippen LogP contribution in [0.15, 0.2) is 47.3 Å². The van der Waals surface area contributed by atoms with E-state index in [2.05, 4.69) is 5.32 Å². The molecule has 0 bridgehead atoms. The number of ether oxygens (including phenoxy) is 1. The smallest absolute Gasteiger partial charge is 0.328 e. The van der Waals surface area contributed by atoms with Crippen LogP contribution in [0, 0.1) is 0 Å². The molecule has 3 rings (SSSR count). The molecule has 0 fully saturated rings. The summed E-state index contributed by atoms with van der Waals surface area (Å²) >= 11 is 0. The Kier molecular flexibility index (Phi) is 4.12. The number of hydrogen-bond donors (Lipinski definition) is 1. The molecule has 1 N–H and O–H groups in total. The number of aromatic nitrogens is 2. The van der Waals surface area contributed by atoms with Crippen molar-refractivity contribution < 1.29 is 9.53 Å². The maximum atomic E-state index is 12.2. The quantitative estimate of drug-likeness (QED) is 0.798. The van der Waals surface area contributed by atoms with Crippen molar-refractivity contribution in [3.8, 4) is 5.75 Å². The third-order valence-corrected chi connectivity index (χ3v) is 4.08. The van der Waals surface area contributed by atoms with Gasteiger partial charge in [-0.15, -0.1) is 0 Å². The molecule has 0 aliphatic carbocycles. The van der Waals surface area contributed by atoms with E-state index in [-0.39, 0.29) is 18.0 Å². The van der Waals surface area contributed by atoms with E-state index < -0.39 is 0 Å². The zero-order valence-corrected chi connectivity index (χ0v) is 13.9. The third kappa shape index (κ3) is 2.90. The first-order valence-corrected chi connectivity index (χ1v) is 7.58. The highest BCUT2D eigenvalue weighted by molar-refractivity contribution is 5.94. The van der Waals surface area contributed by atoms with Gasteiger partial charge in [-0.3, -0.25) is 13.9 Å². The topological polar surface area (TPSA) is 65.3 Å². The standard InChI is InChI=1S/C18H19N3O3/c1-20-15-9-6-13(11-16(15)21(2)18(20)23)19-17(22)10-12-4-7-14(24-3)8-5-12/h4-9,11H,10H2,1-3H3,(H,19,22). The molecule has 6 heteroatoms. The van der Waals surface area contributed by atoms with Crippen molar-refractivity contribution in [3.05, 3.63) is 58.5 Å². The fraction of sp³-hybridized carbons (Fsp3) is 0.222. The maximum Gasteiger partial charge on any atom is 0.328 e. The largest absolute Gasteiger partial charge is 0.497 e. The third-order valence-electron chi connectivity index (χ3n) is 4.08. The van der Waals surface area contributed by atoms with E-state index in [1.165, 1.54) is 0 Å². The number of aryl methyl sites for hydroxylation is 2. The van der Waals surface area contributed by atoms with Gasteiger partial charge >= 0.3 is 5.69 Å². The minimum absolute atomic E-state index is 0.0910. The molecule has 0 aliphatic rings. The van der Waals surface area contributed by atoms with Crippen LogP contribution in [0.3, 0.4) is 0 Å². The summed E-state index contributed by atoms with van der Waals surface area (Å²) in [7, 11) is 5.05. The number of methoxy groups -OCH3 is 1. The first-order chi connectivity index (χ1) is 11.5. The minimum atomic E-state index is -0.111. The van der Waals surface area contributed by atoms with Gasteiger partial charge in [-0.05, 0) is 35.9 Å². The minimum Gasteiger partial charge on any atom is -0.497 e. The highest BCUT2D eigenvalue weighted by Crippen LogP contribution is 2.18. The van der Waals surface area contributed by atoms with Crippen molar-refractivity contribution >= 4 is 22.6 Å². The Hall–Kier alpha value is -3.02. The zero-order valence-electron chi connectivity index (χ0n) is 13.9. The number of carbonyl (C=O) groups excluding carboxylic acids is 1. The molecule has 0 saturated carbocycles. The van der Waals surface area contributed by atoms with Crippen molar-refractivity contribution in [1.82, 2.24) is 9.13 Å². The van der Waals surface area contributed by atoms with Crippen LogP contribution >= 0.6 is 0 Å². The summed E-state index contributed by atoms with van der Waals surface area (Å²) in [5.74, 6) is 0.648. The van der Waals surface area contributed by atoms with E-state index in [4.69, 9.17) is 4.74 Å². The van der Waals surface area contributed by atoms with E-state index in [1.807, 2.05) is 36.4 Å². The molecule has 0 aliphatic heterocycles. The Labute approximate surface area is 139 Å². The molecule has 24 heavy (non-hydrogen) atoms. The van der Waals surface area contributed by atoms with Crippen LogP contribution < -0.4 is 15.7 Å². The number of amides is 1. The monoisotopic (exact) mass is 325 g/mol. The lowest BCUT2D eigenvalue weighted by Gasteiger charge is -2.07. The summed E-state index contributed by atoms with van der Waals surface area (Å²) < 4.78 is 8.25. The number of rotatable bonds is 4. The molecule has 124 valence electrons. The number of hydrogen-bond acceptors (Lipinski definition) is 3. The van der Waals surface area contributed by atoms with Crippen molar-refractivity contribution in [2.45, 2.75) is 6.42 Å². The number of carbonyl (C=O) groups is 1. The molecule has 1 aromatic heterocycles. The first kappa shape index (κ1) is 15.9. The van der Waals surface area contributed by atoms with Crippen molar-refractivity contribution in [1.29, 1.82) is 0 Å². The van der Waals surface area contributed by atoms with Gasteiger partial charge in [0.2, 0.25) is 5.91 Å². The molecule has 0 unspecified atom stereocenters. The van der Waals surface area contributed by atoms with Crippen LogP contribution in [0.4, 0.5) is 5.69 Å². The summed E-state index contributed by atoms with van der Waals surface area (Å²) in [4.78, 5) is 24.2. The van der Waals surface area contributed by atoms with Crippen LogP contribution in [0.2, 0.25) is 0 Å². The first-order valence-electron chi connectivity index (χ1n) is 7.58. The Bertz CT molecular complexity index is 952. The molecular formula is C18H19N3O3. The molecular weight excluding hydrogens is 306 g/mol. The van der Waals surface area contributed by atoms with Crippen LogP contribution in [0.5, 0.6) is 5.75 Å². The molecule has 0 spiro atoms. The van der Waals surface area contributed by atoms with E-state index in [9.17, 15) is 9.59 Å². The van der Waals surface area contributed by atoms with Crippen LogP contribution in [-0.2, 0) is 25.3 Å². The Morgan fingerprint density at radius 2 is 1.71 bits per heavy atom. The average molecular weight is 325 g/mol. The molecule has 0 saturated heterocycles. The molecule has 3 aromatic rings. The SMILES string of the molecule is COc1ccc(CC(=O)Nc2ccc3c(c2)n(C)c(=O)n3C)cc1. The zero-order chi connectivity index (χ0) is 17.3. The Balaban J connectivity index is 1.77. The second kappa shape index (κ2) is 6.23. The van der Waals surface area contributed by atoms with Gasteiger partial charge in [-0.2, -0.15) is 0 Å². The van der Waals surface area contributed by atoms with E-state index in [0.29, 0.717) is 5.69 Å². The van der Waals surface area contributed by atoms with Gasteiger partial charge in [-0.1, -0.05) is 12.1 Å². The summed E-state index contributed by atoms with van der Waals surface area (Å²) in [5.41, 5.74) is 3.09. The number of nitrogens with zero attached hydrogens (tertiary/aromatic N) is 2. The molecule has 2 aromatic carbocycles. The van der Waals surface area contributed by atoms with Gasteiger partial charge in [0.15, 0.2) is 0 Å². The van der Waals surface area contributed by atoms with Crippen molar-refractivity contribution in [2.24, 2.45) is 14.1 Å². The number of anilines is 1. The van der Waals surface area contributed by atoms with E-state index in [0.717, 1.165) is 22.3 Å². The molecule has 0 radical (unpaired) electrons. The van der Waals surface area contributed by atoms with Crippen molar-refractivity contribution in [3.63, 3.8) is 0 Å². The predicted octanol–water partition coefficient (Wildman–Crippen LogP) is 2.07. The van der Waals surface area contributed by atoms with Gasteiger partial charge in [0, 0.05) is 19.8 Å². The average Bonchev–Trinajstić information content (AvgIpc) is 2.80. The van der Waals surface area contributed by atoms with Crippen LogP contribution in [-0.4, -0.2) is 22.2 Å². The van der Waals surface area contributed by atoms with Gasteiger partial charge in [0.1, 0.15) is 5.75 Å². The van der Waals surface area contributed by atoms with Crippen molar-refractivity contribution in [2.75, 3.05) is 12.4 Å². The van der Waals surface area contributed by atoms with E-state index in [1.54, 1.807) is 36.4 Å². The Morgan fingerprint density at radius 3 is 2.38 bits per heavy atom. The maximum absolute atomic E-state index is 12.2. The number of benzene rings is 2.